The second kappa shape index (κ2) is 4.02. The van der Waals surface area contributed by atoms with E-state index in [1.165, 1.54) is 5.56 Å². The predicted octanol–water partition coefficient (Wildman–Crippen LogP) is 1.53. The number of aldehydes is 1. The van der Waals surface area contributed by atoms with Crippen LogP contribution < -0.4 is 5.32 Å². The SMILES string of the molecule is CNCc1ccc(C=O)cc1C. The molecule has 0 atom stereocenters. The fourth-order valence-electron chi connectivity index (χ4n) is 1.18. The molecule has 0 aliphatic rings. The van der Waals surface area contributed by atoms with Gasteiger partial charge in [0.25, 0.3) is 0 Å². The van der Waals surface area contributed by atoms with Crippen molar-refractivity contribution in [1.29, 1.82) is 0 Å². The van der Waals surface area contributed by atoms with E-state index in [2.05, 4.69) is 5.32 Å². The fourth-order valence-corrected chi connectivity index (χ4v) is 1.18. The first-order chi connectivity index (χ1) is 5.77. The molecule has 12 heavy (non-hydrogen) atoms. The van der Waals surface area contributed by atoms with Crippen molar-refractivity contribution in [3.63, 3.8) is 0 Å². The van der Waals surface area contributed by atoms with Gasteiger partial charge >= 0.3 is 0 Å². The smallest absolute Gasteiger partial charge is 0.150 e. The number of nitrogens with one attached hydrogen (secondary N) is 1. The van der Waals surface area contributed by atoms with Crippen LogP contribution in [0.15, 0.2) is 18.2 Å². The molecule has 0 heterocycles. The van der Waals surface area contributed by atoms with Crippen LogP contribution in [0.2, 0.25) is 0 Å². The lowest BCUT2D eigenvalue weighted by Gasteiger charge is -2.04. The Morgan fingerprint density at radius 2 is 2.25 bits per heavy atom. The van der Waals surface area contributed by atoms with Gasteiger partial charge in [0.1, 0.15) is 6.29 Å². The molecule has 2 nitrogen and oxygen atoms in total. The van der Waals surface area contributed by atoms with Gasteiger partial charge in [-0.05, 0) is 31.2 Å². The number of hydrogen-bond donors (Lipinski definition) is 1. The van der Waals surface area contributed by atoms with Crippen molar-refractivity contribution in [1.82, 2.24) is 5.32 Å². The third-order valence-electron chi connectivity index (χ3n) is 1.87. The van der Waals surface area contributed by atoms with Crippen LogP contribution in [0.4, 0.5) is 0 Å². The lowest BCUT2D eigenvalue weighted by atomic mass is 10.1. The maximum atomic E-state index is 10.4. The summed E-state index contributed by atoms with van der Waals surface area (Å²) in [5.74, 6) is 0. The minimum atomic E-state index is 0.743. The topological polar surface area (TPSA) is 29.1 Å². The lowest BCUT2D eigenvalue weighted by molar-refractivity contribution is 0.112. The zero-order valence-corrected chi connectivity index (χ0v) is 7.42. The van der Waals surface area contributed by atoms with E-state index in [1.54, 1.807) is 0 Å². The third kappa shape index (κ3) is 1.92. The van der Waals surface area contributed by atoms with E-state index in [1.807, 2.05) is 32.2 Å². The molecule has 0 radical (unpaired) electrons. The second-order valence-corrected chi connectivity index (χ2v) is 2.83. The van der Waals surface area contributed by atoms with Crippen molar-refractivity contribution < 1.29 is 4.79 Å². The molecule has 2 heteroatoms. The Morgan fingerprint density at radius 3 is 2.75 bits per heavy atom. The quantitative estimate of drug-likeness (QED) is 0.684. The van der Waals surface area contributed by atoms with Crippen LogP contribution in [-0.2, 0) is 6.54 Å². The van der Waals surface area contributed by atoms with Gasteiger partial charge in [-0.2, -0.15) is 0 Å². The van der Waals surface area contributed by atoms with Gasteiger partial charge in [0.15, 0.2) is 0 Å². The summed E-state index contributed by atoms with van der Waals surface area (Å²) in [6, 6.07) is 5.72. The Morgan fingerprint density at radius 1 is 1.50 bits per heavy atom. The molecule has 0 saturated carbocycles. The highest BCUT2D eigenvalue weighted by molar-refractivity contribution is 5.75. The van der Waals surface area contributed by atoms with Crippen molar-refractivity contribution in [3.8, 4) is 0 Å². The molecule has 0 saturated heterocycles. The summed E-state index contributed by atoms with van der Waals surface area (Å²) in [6.45, 7) is 2.87. The summed E-state index contributed by atoms with van der Waals surface area (Å²) in [6.07, 6.45) is 0.871. The minimum Gasteiger partial charge on any atom is -0.316 e. The molecule has 0 aromatic heterocycles. The summed E-state index contributed by atoms with van der Waals surface area (Å²) in [5, 5.41) is 3.07. The molecule has 1 aromatic carbocycles. The number of benzene rings is 1. The molecule has 0 aliphatic heterocycles. The summed E-state index contributed by atoms with van der Waals surface area (Å²) in [4.78, 5) is 10.4. The average Bonchev–Trinajstić information content (AvgIpc) is 2.09. The van der Waals surface area contributed by atoms with Crippen molar-refractivity contribution in [2.75, 3.05) is 7.05 Å². The van der Waals surface area contributed by atoms with Gasteiger partial charge in [0.2, 0.25) is 0 Å². The van der Waals surface area contributed by atoms with Crippen LogP contribution in [0.25, 0.3) is 0 Å². The molecule has 1 N–H and O–H groups in total. The van der Waals surface area contributed by atoms with Gasteiger partial charge in [-0.1, -0.05) is 12.1 Å². The van der Waals surface area contributed by atoms with Gasteiger partial charge in [-0.15, -0.1) is 0 Å². The summed E-state index contributed by atoms with van der Waals surface area (Å²) in [7, 11) is 1.91. The molecule has 0 amide bonds. The zero-order valence-electron chi connectivity index (χ0n) is 7.42. The Kier molecular flexibility index (Phi) is 3.00. The Labute approximate surface area is 72.6 Å². The predicted molar refractivity (Wildman–Crippen MR) is 49.3 cm³/mol. The van der Waals surface area contributed by atoms with Crippen LogP contribution in [0.3, 0.4) is 0 Å². The van der Waals surface area contributed by atoms with Crippen LogP contribution in [0.5, 0.6) is 0 Å². The molecular formula is C10H13NO. The molecule has 0 fully saturated rings. The molecule has 0 aliphatic carbocycles. The lowest BCUT2D eigenvalue weighted by Crippen LogP contribution is -2.06. The Balaban J connectivity index is 2.94. The maximum absolute atomic E-state index is 10.4. The number of hydrogen-bond acceptors (Lipinski definition) is 2. The van der Waals surface area contributed by atoms with Crippen molar-refractivity contribution in [2.24, 2.45) is 0 Å². The first-order valence-electron chi connectivity index (χ1n) is 3.97. The van der Waals surface area contributed by atoms with E-state index >= 15 is 0 Å². The Bertz CT molecular complexity index is 281. The van der Waals surface area contributed by atoms with Crippen molar-refractivity contribution in [3.05, 3.63) is 34.9 Å². The highest BCUT2D eigenvalue weighted by Crippen LogP contribution is 2.09. The number of aryl methyl sites for hydroxylation is 1. The van der Waals surface area contributed by atoms with E-state index in [9.17, 15) is 4.79 Å². The van der Waals surface area contributed by atoms with Gasteiger partial charge < -0.3 is 5.32 Å². The third-order valence-corrected chi connectivity index (χ3v) is 1.87. The van der Waals surface area contributed by atoms with Crippen LogP contribution in [-0.4, -0.2) is 13.3 Å². The van der Waals surface area contributed by atoms with E-state index < -0.39 is 0 Å². The highest BCUT2D eigenvalue weighted by atomic mass is 16.1. The van der Waals surface area contributed by atoms with Gasteiger partial charge in [-0.25, -0.2) is 0 Å². The number of rotatable bonds is 3. The number of carbonyl (C=O) groups is 1. The van der Waals surface area contributed by atoms with Crippen molar-refractivity contribution >= 4 is 6.29 Å². The van der Waals surface area contributed by atoms with E-state index in [-0.39, 0.29) is 0 Å². The molecular weight excluding hydrogens is 150 g/mol. The normalized spacial score (nSPS) is 9.83. The fraction of sp³-hybridized carbons (Fsp3) is 0.300. The van der Waals surface area contributed by atoms with Gasteiger partial charge in [0, 0.05) is 12.1 Å². The van der Waals surface area contributed by atoms with E-state index in [0.29, 0.717) is 0 Å². The Hall–Kier alpha value is -1.15. The maximum Gasteiger partial charge on any atom is 0.150 e. The van der Waals surface area contributed by atoms with Crippen LogP contribution >= 0.6 is 0 Å². The second-order valence-electron chi connectivity index (χ2n) is 2.83. The van der Waals surface area contributed by atoms with Crippen molar-refractivity contribution in [2.45, 2.75) is 13.5 Å². The zero-order chi connectivity index (χ0) is 8.97. The van der Waals surface area contributed by atoms with Gasteiger partial charge in [-0.3, -0.25) is 4.79 Å². The standard InChI is InChI=1S/C10H13NO/c1-8-5-9(7-12)3-4-10(8)6-11-2/h3-5,7,11H,6H2,1-2H3. The summed E-state index contributed by atoms with van der Waals surface area (Å²) in [5.41, 5.74) is 3.14. The summed E-state index contributed by atoms with van der Waals surface area (Å²) < 4.78 is 0. The van der Waals surface area contributed by atoms with Gasteiger partial charge in [0.05, 0.1) is 0 Å². The molecule has 0 unspecified atom stereocenters. The molecule has 64 valence electrons. The van der Waals surface area contributed by atoms with Crippen LogP contribution in [0, 0.1) is 6.92 Å². The largest absolute Gasteiger partial charge is 0.316 e. The molecule has 0 spiro atoms. The average molecular weight is 163 g/mol. The number of carbonyl (C=O) groups excluding carboxylic acids is 1. The molecule has 1 rings (SSSR count). The first-order valence-corrected chi connectivity index (χ1v) is 3.97. The van der Waals surface area contributed by atoms with E-state index in [0.717, 1.165) is 24.0 Å². The first kappa shape index (κ1) is 8.94. The van der Waals surface area contributed by atoms with E-state index in [4.69, 9.17) is 0 Å². The molecule has 1 aromatic rings. The summed E-state index contributed by atoms with van der Waals surface area (Å²) >= 11 is 0. The molecule has 0 bridgehead atoms. The van der Waals surface area contributed by atoms with Crippen LogP contribution in [0.1, 0.15) is 21.5 Å². The highest BCUT2D eigenvalue weighted by Gasteiger charge is 1.97. The monoisotopic (exact) mass is 163 g/mol. The minimum absolute atomic E-state index is 0.743.